The minimum absolute atomic E-state index is 0.664. The van der Waals surface area contributed by atoms with Crippen LogP contribution < -0.4 is 0 Å². The smallest absolute Gasteiger partial charge is 0.0412 e. The van der Waals surface area contributed by atoms with Crippen LogP contribution >= 0.6 is 0 Å². The molecule has 0 radical (unpaired) electrons. The Kier molecular flexibility index (Phi) is 10.9. The summed E-state index contributed by atoms with van der Waals surface area (Å²) in [7, 11) is -0.664. The molecule has 0 aromatic carbocycles. The van der Waals surface area contributed by atoms with Crippen molar-refractivity contribution >= 4 is 10.8 Å². The molecule has 0 saturated carbocycles. The molecule has 2 heteroatoms. The lowest BCUT2D eigenvalue weighted by atomic mass is 10.1. The van der Waals surface area contributed by atoms with Crippen LogP contribution in [0.5, 0.6) is 0 Å². The average Bonchev–Trinajstić information content (AvgIpc) is 2.15. The second kappa shape index (κ2) is 11.0. The molecular weight excluding hydrogens is 192 g/mol. The fourth-order valence-electron chi connectivity index (χ4n) is 1.36. The molecule has 0 rings (SSSR count). The van der Waals surface area contributed by atoms with Gasteiger partial charge in [0.2, 0.25) is 0 Å². The predicted molar refractivity (Wildman–Crippen MR) is 66.1 cm³/mol. The number of hydrogen-bond donors (Lipinski definition) is 0. The van der Waals surface area contributed by atoms with Crippen LogP contribution in [-0.4, -0.2) is 16.2 Å². The maximum absolute atomic E-state index is 10.7. The molecule has 1 unspecified atom stereocenters. The molecule has 0 aromatic rings. The van der Waals surface area contributed by atoms with E-state index >= 15 is 0 Å². The van der Waals surface area contributed by atoms with E-state index in [0.29, 0.717) is 0 Å². The maximum Gasteiger partial charge on any atom is 0.0412 e. The molecule has 0 aliphatic heterocycles. The molecule has 1 nitrogen and oxygen atoms in total. The quantitative estimate of drug-likeness (QED) is 0.424. The van der Waals surface area contributed by atoms with E-state index in [2.05, 4.69) is 13.0 Å². The summed E-state index contributed by atoms with van der Waals surface area (Å²) in [6.45, 7) is 2.24. The Morgan fingerprint density at radius 2 is 1.64 bits per heavy atom. The predicted octanol–water partition coefficient (Wildman–Crippen LogP) is 3.67. The summed E-state index contributed by atoms with van der Waals surface area (Å²) in [5.74, 6) is 0.718. The van der Waals surface area contributed by atoms with E-state index in [1.165, 1.54) is 38.5 Å². The van der Waals surface area contributed by atoms with Gasteiger partial charge >= 0.3 is 0 Å². The summed E-state index contributed by atoms with van der Waals surface area (Å²) in [6.07, 6.45) is 15.2. The van der Waals surface area contributed by atoms with Gasteiger partial charge in [0.15, 0.2) is 0 Å². The van der Waals surface area contributed by atoms with Crippen molar-refractivity contribution in [2.45, 2.75) is 51.9 Å². The first-order chi connectivity index (χ1) is 6.77. The zero-order valence-corrected chi connectivity index (χ0v) is 10.4. The highest BCUT2D eigenvalue weighted by molar-refractivity contribution is 7.84. The lowest BCUT2D eigenvalue weighted by molar-refractivity contribution is 0.611. The van der Waals surface area contributed by atoms with Crippen molar-refractivity contribution in [1.82, 2.24) is 0 Å². The van der Waals surface area contributed by atoms with Crippen LogP contribution in [0.15, 0.2) is 12.2 Å². The van der Waals surface area contributed by atoms with Crippen molar-refractivity contribution in [1.29, 1.82) is 0 Å². The summed E-state index contributed by atoms with van der Waals surface area (Å²) in [5.41, 5.74) is 0. The third-order valence-electron chi connectivity index (χ3n) is 2.22. The number of allylic oxidation sites excluding steroid dienone is 1. The SMILES string of the molecule is CCCCCCCCC=CCS(C)=O. The number of unbranched alkanes of at least 4 members (excludes halogenated alkanes) is 6. The standard InChI is InChI=1S/C12H24OS/c1-3-4-5-6-7-8-9-10-11-12-14(2)13/h10-11H,3-9,12H2,1-2H3. The number of rotatable bonds is 9. The third-order valence-corrected chi connectivity index (χ3v) is 2.88. The Labute approximate surface area is 91.4 Å². The van der Waals surface area contributed by atoms with Gasteiger partial charge in [0.25, 0.3) is 0 Å². The van der Waals surface area contributed by atoms with Gasteiger partial charge in [-0.05, 0) is 12.8 Å². The Morgan fingerprint density at radius 1 is 1.00 bits per heavy atom. The van der Waals surface area contributed by atoms with Crippen molar-refractivity contribution in [3.8, 4) is 0 Å². The topological polar surface area (TPSA) is 17.1 Å². The monoisotopic (exact) mass is 216 g/mol. The minimum Gasteiger partial charge on any atom is -0.260 e. The molecule has 1 atom stereocenters. The largest absolute Gasteiger partial charge is 0.260 e. The first kappa shape index (κ1) is 13.9. The zero-order chi connectivity index (χ0) is 10.6. The van der Waals surface area contributed by atoms with Gasteiger partial charge in [0, 0.05) is 22.8 Å². The molecule has 0 spiro atoms. The Hall–Kier alpha value is -0.110. The summed E-state index contributed by atoms with van der Waals surface area (Å²) in [6, 6.07) is 0. The van der Waals surface area contributed by atoms with Crippen molar-refractivity contribution in [3.63, 3.8) is 0 Å². The van der Waals surface area contributed by atoms with E-state index < -0.39 is 10.8 Å². The van der Waals surface area contributed by atoms with Gasteiger partial charge in [-0.25, -0.2) is 0 Å². The summed E-state index contributed by atoms with van der Waals surface area (Å²) in [4.78, 5) is 0. The van der Waals surface area contributed by atoms with Crippen molar-refractivity contribution in [2.75, 3.05) is 12.0 Å². The fourth-order valence-corrected chi connectivity index (χ4v) is 1.77. The van der Waals surface area contributed by atoms with E-state index in [1.807, 2.05) is 6.08 Å². The van der Waals surface area contributed by atoms with E-state index in [-0.39, 0.29) is 0 Å². The molecule has 0 fully saturated rings. The summed E-state index contributed by atoms with van der Waals surface area (Å²) >= 11 is 0. The molecule has 0 heterocycles. The normalized spacial score (nSPS) is 13.6. The second-order valence-electron chi connectivity index (χ2n) is 3.77. The molecule has 0 aliphatic carbocycles. The first-order valence-electron chi connectivity index (χ1n) is 5.72. The maximum atomic E-state index is 10.7. The summed E-state index contributed by atoms with van der Waals surface area (Å²) in [5, 5.41) is 0. The Balaban J connectivity index is 3.05. The van der Waals surface area contributed by atoms with Crippen LogP contribution in [0.1, 0.15) is 51.9 Å². The minimum atomic E-state index is -0.664. The van der Waals surface area contributed by atoms with Gasteiger partial charge in [-0.3, -0.25) is 4.21 Å². The molecule has 0 saturated heterocycles. The molecular formula is C12H24OS. The second-order valence-corrected chi connectivity index (χ2v) is 5.25. The van der Waals surface area contributed by atoms with Gasteiger partial charge in [-0.1, -0.05) is 51.2 Å². The van der Waals surface area contributed by atoms with Crippen molar-refractivity contribution < 1.29 is 4.21 Å². The first-order valence-corrected chi connectivity index (χ1v) is 7.45. The van der Waals surface area contributed by atoms with Crippen LogP contribution in [-0.2, 0) is 10.8 Å². The summed E-state index contributed by atoms with van der Waals surface area (Å²) < 4.78 is 10.7. The lowest BCUT2D eigenvalue weighted by Crippen LogP contribution is -1.87. The highest BCUT2D eigenvalue weighted by Gasteiger charge is 1.88. The van der Waals surface area contributed by atoms with Gasteiger partial charge in [-0.15, -0.1) is 0 Å². The van der Waals surface area contributed by atoms with Crippen molar-refractivity contribution in [2.24, 2.45) is 0 Å². The lowest BCUT2D eigenvalue weighted by Gasteiger charge is -1.97. The van der Waals surface area contributed by atoms with Gasteiger partial charge in [0.05, 0.1) is 0 Å². The zero-order valence-electron chi connectivity index (χ0n) is 9.63. The van der Waals surface area contributed by atoms with Crippen LogP contribution in [0, 0.1) is 0 Å². The molecule has 0 N–H and O–H groups in total. The molecule has 0 amide bonds. The van der Waals surface area contributed by atoms with E-state index in [1.54, 1.807) is 6.26 Å². The van der Waals surface area contributed by atoms with Gasteiger partial charge < -0.3 is 0 Å². The van der Waals surface area contributed by atoms with Crippen LogP contribution in [0.25, 0.3) is 0 Å². The Bertz CT molecular complexity index is 164. The van der Waals surface area contributed by atoms with E-state index in [9.17, 15) is 4.21 Å². The number of hydrogen-bond acceptors (Lipinski definition) is 1. The molecule has 0 bridgehead atoms. The van der Waals surface area contributed by atoms with Gasteiger partial charge in [-0.2, -0.15) is 0 Å². The Morgan fingerprint density at radius 3 is 2.29 bits per heavy atom. The highest BCUT2D eigenvalue weighted by atomic mass is 32.2. The molecule has 84 valence electrons. The van der Waals surface area contributed by atoms with E-state index in [0.717, 1.165) is 12.2 Å². The van der Waals surface area contributed by atoms with E-state index in [4.69, 9.17) is 0 Å². The van der Waals surface area contributed by atoms with Crippen molar-refractivity contribution in [3.05, 3.63) is 12.2 Å². The third kappa shape index (κ3) is 11.9. The fraction of sp³-hybridized carbons (Fsp3) is 0.833. The molecule has 0 aromatic heterocycles. The van der Waals surface area contributed by atoms with Crippen LogP contribution in [0.3, 0.4) is 0 Å². The average molecular weight is 216 g/mol. The van der Waals surface area contributed by atoms with Crippen LogP contribution in [0.2, 0.25) is 0 Å². The molecule has 14 heavy (non-hydrogen) atoms. The highest BCUT2D eigenvalue weighted by Crippen LogP contribution is 2.06. The van der Waals surface area contributed by atoms with Crippen LogP contribution in [0.4, 0.5) is 0 Å². The molecule has 0 aliphatic rings. The van der Waals surface area contributed by atoms with Gasteiger partial charge in [0.1, 0.15) is 0 Å².